The molecule has 1 aromatic heterocycles. The average molecular weight is 505 g/mol. The molecule has 1 atom stereocenters. The Morgan fingerprint density at radius 2 is 1.81 bits per heavy atom. The van der Waals surface area contributed by atoms with Gasteiger partial charge in [0.2, 0.25) is 0 Å². The van der Waals surface area contributed by atoms with Gasteiger partial charge in [0.1, 0.15) is 23.4 Å². The molecule has 11 heteroatoms. The molecule has 7 nitrogen and oxygen atoms in total. The maximum absolute atomic E-state index is 13.5. The van der Waals surface area contributed by atoms with Gasteiger partial charge in [-0.1, -0.05) is 18.2 Å². The third-order valence-corrected chi connectivity index (χ3v) is 5.19. The summed E-state index contributed by atoms with van der Waals surface area (Å²) in [6.07, 6.45) is -4.57. The summed E-state index contributed by atoms with van der Waals surface area (Å²) < 4.78 is 58.8. The highest BCUT2D eigenvalue weighted by atomic mass is 19.4. The van der Waals surface area contributed by atoms with E-state index in [1.54, 1.807) is 31.3 Å². The first kappa shape index (κ1) is 26.5. The number of hydrogen-bond donors (Lipinski definition) is 3. The van der Waals surface area contributed by atoms with Crippen LogP contribution in [0.2, 0.25) is 0 Å². The minimum absolute atomic E-state index is 0.210. The van der Waals surface area contributed by atoms with E-state index in [4.69, 9.17) is 4.74 Å². The highest BCUT2D eigenvalue weighted by molar-refractivity contribution is 5.98. The van der Waals surface area contributed by atoms with Crippen LogP contribution in [0.4, 0.5) is 23.4 Å². The Labute approximate surface area is 204 Å². The molecule has 1 heterocycles. The van der Waals surface area contributed by atoms with Gasteiger partial charge in [-0.2, -0.15) is 13.2 Å². The lowest BCUT2D eigenvalue weighted by molar-refractivity contribution is -0.139. The zero-order valence-electron chi connectivity index (χ0n) is 19.1. The molecule has 0 saturated heterocycles. The number of rotatable bonds is 10. The van der Waals surface area contributed by atoms with E-state index in [9.17, 15) is 32.3 Å². The fourth-order valence-corrected chi connectivity index (χ4v) is 3.38. The van der Waals surface area contributed by atoms with Gasteiger partial charge in [-0.15, -0.1) is 0 Å². The standard InChI is InChI=1S/C25H23F4N3O4/c1-30-22-4-2-3-17(31-22)11-12-36-18-8-5-15(6-9-18)13-21(24(34)35)32-23(33)19-14-16(26)7-10-20(19)25(27,28)29/h2-10,14,21H,11-13H2,1H3,(H,30,31)(H,32,33)(H,34,35)/t21-/m0/s1. The van der Waals surface area contributed by atoms with Crippen LogP contribution in [0.5, 0.6) is 5.75 Å². The number of pyridine rings is 1. The number of anilines is 1. The van der Waals surface area contributed by atoms with Crippen molar-refractivity contribution in [2.75, 3.05) is 19.0 Å². The smallest absolute Gasteiger partial charge is 0.417 e. The molecule has 3 N–H and O–H groups in total. The van der Waals surface area contributed by atoms with E-state index in [0.717, 1.165) is 11.5 Å². The minimum Gasteiger partial charge on any atom is -0.493 e. The maximum Gasteiger partial charge on any atom is 0.417 e. The van der Waals surface area contributed by atoms with E-state index in [-0.39, 0.29) is 6.42 Å². The number of nitrogens with zero attached hydrogens (tertiary/aromatic N) is 1. The molecule has 0 fully saturated rings. The molecule has 0 aliphatic rings. The zero-order chi connectivity index (χ0) is 26.3. The maximum atomic E-state index is 13.5. The van der Waals surface area contributed by atoms with Crippen LogP contribution >= 0.6 is 0 Å². The van der Waals surface area contributed by atoms with E-state index in [2.05, 4.69) is 10.3 Å². The third kappa shape index (κ3) is 7.17. The van der Waals surface area contributed by atoms with Crippen molar-refractivity contribution in [2.24, 2.45) is 0 Å². The molecule has 3 aromatic rings. The number of aliphatic carboxylic acids is 1. The molecular formula is C25H23F4N3O4. The zero-order valence-corrected chi connectivity index (χ0v) is 19.1. The van der Waals surface area contributed by atoms with Crippen LogP contribution in [-0.4, -0.2) is 41.7 Å². The number of carboxylic acids is 1. The van der Waals surface area contributed by atoms with Crippen LogP contribution in [0, 0.1) is 5.82 Å². The van der Waals surface area contributed by atoms with E-state index < -0.39 is 41.0 Å². The van der Waals surface area contributed by atoms with Gasteiger partial charge in [0.25, 0.3) is 5.91 Å². The summed E-state index contributed by atoms with van der Waals surface area (Å²) in [5.74, 6) is -2.59. The topological polar surface area (TPSA) is 101 Å². The monoisotopic (exact) mass is 505 g/mol. The molecule has 3 rings (SSSR count). The Morgan fingerprint density at radius 3 is 2.44 bits per heavy atom. The molecule has 0 aliphatic carbocycles. The van der Waals surface area contributed by atoms with Crippen molar-refractivity contribution in [1.82, 2.24) is 10.3 Å². The quantitative estimate of drug-likeness (QED) is 0.355. The molecule has 36 heavy (non-hydrogen) atoms. The summed E-state index contributed by atoms with van der Waals surface area (Å²) in [6.45, 7) is 0.350. The van der Waals surface area contributed by atoms with Crippen LogP contribution in [0.3, 0.4) is 0 Å². The molecule has 0 spiro atoms. The van der Waals surface area contributed by atoms with Gasteiger partial charge in [-0.25, -0.2) is 14.2 Å². The predicted molar refractivity (Wildman–Crippen MR) is 123 cm³/mol. The van der Waals surface area contributed by atoms with Crippen LogP contribution in [-0.2, 0) is 23.8 Å². The largest absolute Gasteiger partial charge is 0.493 e. The first-order valence-electron chi connectivity index (χ1n) is 10.8. The molecule has 0 bridgehead atoms. The van der Waals surface area contributed by atoms with Crippen LogP contribution in [0.15, 0.2) is 60.7 Å². The number of benzene rings is 2. The molecular weight excluding hydrogens is 482 g/mol. The van der Waals surface area contributed by atoms with Crippen molar-refractivity contribution in [2.45, 2.75) is 25.1 Å². The Morgan fingerprint density at radius 1 is 1.08 bits per heavy atom. The van der Waals surface area contributed by atoms with Gasteiger partial charge >= 0.3 is 12.1 Å². The lowest BCUT2D eigenvalue weighted by Crippen LogP contribution is -2.43. The van der Waals surface area contributed by atoms with Crippen LogP contribution in [0.25, 0.3) is 0 Å². The number of alkyl halides is 3. The summed E-state index contributed by atoms with van der Waals surface area (Å²) in [7, 11) is 1.77. The second kappa shape index (κ2) is 11.5. The molecule has 0 saturated carbocycles. The molecule has 0 radical (unpaired) electrons. The Kier molecular flexibility index (Phi) is 8.46. The van der Waals surface area contributed by atoms with Crippen molar-refractivity contribution in [3.8, 4) is 5.75 Å². The molecule has 1 amide bonds. The molecule has 0 unspecified atom stereocenters. The first-order valence-corrected chi connectivity index (χ1v) is 10.8. The first-order chi connectivity index (χ1) is 17.1. The van der Waals surface area contributed by atoms with E-state index in [0.29, 0.717) is 42.5 Å². The number of ether oxygens (including phenoxy) is 1. The number of carbonyl (C=O) groups is 2. The average Bonchev–Trinajstić information content (AvgIpc) is 2.83. The second-order valence-electron chi connectivity index (χ2n) is 7.76. The summed E-state index contributed by atoms with van der Waals surface area (Å²) in [5.41, 5.74) is -1.02. The van der Waals surface area contributed by atoms with Crippen molar-refractivity contribution in [1.29, 1.82) is 0 Å². The number of carboxylic acid groups (broad SMARTS) is 1. The van der Waals surface area contributed by atoms with Crippen molar-refractivity contribution >= 4 is 17.7 Å². The summed E-state index contributed by atoms with van der Waals surface area (Å²) in [5, 5.41) is 14.5. The van der Waals surface area contributed by atoms with E-state index >= 15 is 0 Å². The lowest BCUT2D eigenvalue weighted by Gasteiger charge is -2.17. The predicted octanol–water partition coefficient (Wildman–Crippen LogP) is 4.33. The SMILES string of the molecule is CNc1cccc(CCOc2ccc(C[C@H](NC(=O)c3cc(F)ccc3C(F)(F)F)C(=O)O)cc2)n1. The highest BCUT2D eigenvalue weighted by Gasteiger charge is 2.36. The Bertz CT molecular complexity index is 1220. The Hall–Kier alpha value is -4.15. The number of carbonyl (C=O) groups excluding carboxylic acids is 1. The molecule has 2 aromatic carbocycles. The van der Waals surface area contributed by atoms with Gasteiger partial charge in [0.15, 0.2) is 0 Å². The van der Waals surface area contributed by atoms with Gasteiger partial charge in [-0.05, 0) is 48.0 Å². The third-order valence-electron chi connectivity index (χ3n) is 5.19. The fourth-order valence-electron chi connectivity index (χ4n) is 3.38. The lowest BCUT2D eigenvalue weighted by atomic mass is 10.0. The highest BCUT2D eigenvalue weighted by Crippen LogP contribution is 2.32. The fraction of sp³-hybridized carbons (Fsp3) is 0.240. The van der Waals surface area contributed by atoms with E-state index in [1.807, 2.05) is 23.5 Å². The van der Waals surface area contributed by atoms with Crippen molar-refractivity contribution in [3.63, 3.8) is 0 Å². The van der Waals surface area contributed by atoms with Gasteiger partial charge in [0.05, 0.1) is 17.7 Å². The Balaban J connectivity index is 1.62. The normalized spacial score (nSPS) is 12.0. The van der Waals surface area contributed by atoms with Crippen LogP contribution in [0.1, 0.15) is 27.2 Å². The van der Waals surface area contributed by atoms with Crippen LogP contribution < -0.4 is 15.4 Å². The summed E-state index contributed by atoms with van der Waals surface area (Å²) in [4.78, 5) is 28.5. The number of amides is 1. The summed E-state index contributed by atoms with van der Waals surface area (Å²) >= 11 is 0. The second-order valence-corrected chi connectivity index (χ2v) is 7.76. The van der Waals surface area contributed by atoms with Gasteiger partial charge in [0, 0.05) is 25.6 Å². The van der Waals surface area contributed by atoms with Gasteiger partial charge < -0.3 is 20.5 Å². The minimum atomic E-state index is -4.92. The number of nitrogens with one attached hydrogen (secondary N) is 2. The number of hydrogen-bond acceptors (Lipinski definition) is 5. The van der Waals surface area contributed by atoms with E-state index in [1.165, 1.54) is 0 Å². The van der Waals surface area contributed by atoms with Crippen molar-refractivity contribution < 1.29 is 37.0 Å². The number of halogens is 4. The van der Waals surface area contributed by atoms with Crippen molar-refractivity contribution in [3.05, 3.63) is 88.9 Å². The van der Waals surface area contributed by atoms with Gasteiger partial charge in [-0.3, -0.25) is 4.79 Å². The molecule has 190 valence electrons. The molecule has 0 aliphatic heterocycles. The number of aromatic nitrogens is 1. The summed E-state index contributed by atoms with van der Waals surface area (Å²) in [6, 6.07) is 11.9.